The number of anilines is 3. The third-order valence-electron chi connectivity index (χ3n) is 14.1. The summed E-state index contributed by atoms with van der Waals surface area (Å²) in [4.78, 5) is 2.53. The van der Waals surface area contributed by atoms with Gasteiger partial charge in [0, 0.05) is 22.2 Å². The predicted octanol–water partition coefficient (Wildman–Crippen LogP) is 21.4. The van der Waals surface area contributed by atoms with Crippen molar-refractivity contribution in [3.05, 3.63) is 244 Å². The van der Waals surface area contributed by atoms with Crippen molar-refractivity contribution in [2.75, 3.05) is 4.90 Å². The fourth-order valence-corrected chi connectivity index (χ4v) is 10.3. The molecule has 2 aliphatic carbocycles. The van der Waals surface area contributed by atoms with E-state index < -0.39 is 0 Å². The van der Waals surface area contributed by atoms with Crippen LogP contribution in [0, 0.1) is 20.8 Å². The van der Waals surface area contributed by atoms with Gasteiger partial charge in [-0.2, -0.15) is 0 Å². The van der Waals surface area contributed by atoms with Crippen molar-refractivity contribution < 1.29 is 0 Å². The van der Waals surface area contributed by atoms with Gasteiger partial charge in [0.1, 0.15) is 0 Å². The molecule has 0 saturated heterocycles. The molecule has 0 atom stereocenters. The van der Waals surface area contributed by atoms with Crippen LogP contribution in [-0.4, -0.2) is 0 Å². The largest absolute Gasteiger partial charge is 0.310 e. The summed E-state index contributed by atoms with van der Waals surface area (Å²) in [5.74, 6) is 0.579. The van der Waals surface area contributed by atoms with Gasteiger partial charge in [-0.3, -0.25) is 0 Å². The second-order valence-electron chi connectivity index (χ2n) is 20.2. The van der Waals surface area contributed by atoms with Crippen LogP contribution < -0.4 is 4.90 Å². The summed E-state index contributed by atoms with van der Waals surface area (Å²) in [6, 6.07) is 65.0. The molecule has 8 aromatic rings. The Morgan fingerprint density at radius 3 is 1.76 bits per heavy atom. The highest BCUT2D eigenvalue weighted by Crippen LogP contribution is 2.55. The van der Waals surface area contributed by atoms with Crippen LogP contribution in [0.25, 0.3) is 44.7 Å². The maximum Gasteiger partial charge on any atom is 0.0543 e. The lowest BCUT2D eigenvalue weighted by atomic mass is 9.76. The smallest absolute Gasteiger partial charge is 0.0543 e. The van der Waals surface area contributed by atoms with Gasteiger partial charge in [-0.25, -0.2) is 0 Å². The normalized spacial score (nSPS) is 13.7. The number of aryl methyl sites for hydroxylation is 3. The van der Waals surface area contributed by atoms with Crippen molar-refractivity contribution >= 4 is 39.5 Å². The summed E-state index contributed by atoms with van der Waals surface area (Å²) in [5.41, 5.74) is 22.2. The summed E-state index contributed by atoms with van der Waals surface area (Å²) in [6.45, 7) is 24.3. The summed E-state index contributed by atoms with van der Waals surface area (Å²) in [5, 5.41) is 2.57. The summed E-state index contributed by atoms with van der Waals surface area (Å²) >= 11 is 0. The van der Waals surface area contributed by atoms with Crippen molar-refractivity contribution in [2.24, 2.45) is 0 Å². The first-order chi connectivity index (χ1) is 35.0. The Kier molecular flexibility index (Phi) is 18.3. The van der Waals surface area contributed by atoms with E-state index in [0.29, 0.717) is 5.92 Å². The minimum Gasteiger partial charge on any atom is -0.310 e. The lowest BCUT2D eigenvalue weighted by molar-refractivity contribution is 0.420. The Hall–Kier alpha value is -6.96. The van der Waals surface area contributed by atoms with E-state index in [-0.39, 0.29) is 5.41 Å². The van der Waals surface area contributed by atoms with Crippen LogP contribution in [0.2, 0.25) is 0 Å². The van der Waals surface area contributed by atoms with Crippen LogP contribution in [0.3, 0.4) is 0 Å². The van der Waals surface area contributed by atoms with Gasteiger partial charge >= 0.3 is 0 Å². The second kappa shape index (κ2) is 24.9. The van der Waals surface area contributed by atoms with Crippen molar-refractivity contribution in [1.29, 1.82) is 0 Å². The highest BCUT2D eigenvalue weighted by atomic mass is 15.1. The molecule has 10 rings (SSSR count). The molecule has 0 amide bonds. The molecule has 0 spiro atoms. The van der Waals surface area contributed by atoms with Gasteiger partial charge in [-0.15, -0.1) is 0 Å². The minimum absolute atomic E-state index is 0.215. The molecule has 0 heterocycles. The van der Waals surface area contributed by atoms with Gasteiger partial charge in [0.05, 0.1) is 5.69 Å². The average Bonchev–Trinajstić information content (AvgIpc) is 3.60. The molecule has 8 aromatic carbocycles. The highest BCUT2D eigenvalue weighted by Gasteiger charge is 2.38. The molecule has 0 aromatic heterocycles. The van der Waals surface area contributed by atoms with Crippen LogP contribution >= 0.6 is 0 Å². The summed E-state index contributed by atoms with van der Waals surface area (Å²) in [7, 11) is 0. The zero-order valence-corrected chi connectivity index (χ0v) is 45.3. The van der Waals surface area contributed by atoms with Crippen LogP contribution in [0.5, 0.6) is 0 Å². The topological polar surface area (TPSA) is 3.24 Å². The fraction of sp³-hybridized carbons (Fsp3) is 0.268. The van der Waals surface area contributed by atoms with Crippen molar-refractivity contribution in [2.45, 2.75) is 126 Å². The van der Waals surface area contributed by atoms with E-state index in [4.69, 9.17) is 0 Å². The average molecular weight is 946 g/mol. The van der Waals surface area contributed by atoms with Crippen LogP contribution in [0.1, 0.15) is 144 Å². The first-order valence-electron chi connectivity index (χ1n) is 26.9. The standard InChI is InChI=1S/C58H55N.C7H8.2C3H8/c1-7-9-26-48(46-27-15-13-20-39(46)3)42(8-2)35-41-31-33-52-54(36-41)58(5,6)55-38-56(50-29-17-18-30-51(50)57(52)55)59(44-24-11-10-12-25-44)45-32-34-49(47-28-16-14-21-40(47)4)53(37-45)43-22-19-23-43;1-7-5-3-2-4-6-7;2*1-3-2/h7,9-18,20-21,24-38,43H,8,19,22-23H2,1-6H3;2-6H,1H3;2*3H2,1-2H3/b9-7+,42-35-,48-26+;;;. The van der Waals surface area contributed by atoms with E-state index in [1.165, 1.54) is 138 Å². The maximum absolute atomic E-state index is 2.53. The number of para-hydroxylation sites is 1. The van der Waals surface area contributed by atoms with Gasteiger partial charge < -0.3 is 4.90 Å². The number of fused-ring (bicyclic) bond motifs is 5. The first-order valence-corrected chi connectivity index (χ1v) is 26.9. The molecular weight excluding hydrogens is 867 g/mol. The maximum atomic E-state index is 2.53. The molecule has 0 bridgehead atoms. The monoisotopic (exact) mass is 946 g/mol. The van der Waals surface area contributed by atoms with Crippen LogP contribution in [0.4, 0.5) is 17.1 Å². The number of nitrogens with zero attached hydrogens (tertiary/aromatic N) is 1. The van der Waals surface area contributed by atoms with Crippen molar-refractivity contribution in [1.82, 2.24) is 0 Å². The van der Waals surface area contributed by atoms with E-state index in [2.05, 4.69) is 263 Å². The number of benzene rings is 8. The fourth-order valence-electron chi connectivity index (χ4n) is 10.3. The first kappa shape index (κ1) is 52.9. The molecule has 1 nitrogen and oxygen atoms in total. The van der Waals surface area contributed by atoms with Gasteiger partial charge in [0.2, 0.25) is 0 Å². The van der Waals surface area contributed by atoms with E-state index in [1.54, 1.807) is 0 Å². The molecule has 0 N–H and O–H groups in total. The van der Waals surface area contributed by atoms with E-state index in [0.717, 1.165) is 6.42 Å². The molecule has 368 valence electrons. The van der Waals surface area contributed by atoms with Gasteiger partial charge in [0.25, 0.3) is 0 Å². The molecule has 1 saturated carbocycles. The lowest BCUT2D eigenvalue weighted by Crippen LogP contribution is -2.17. The molecular formula is C71H79N. The SMILES string of the molecule is C/C=C/C=C(\C(=C/c1ccc2c(c1)C(C)(C)c1cc(N(c3ccccc3)c3ccc(-c4ccccc4C)c(C4CCC4)c3)c3ccccc3c1-2)CC)c1ccccc1C.CCC.CCC.Cc1ccccc1. The van der Waals surface area contributed by atoms with Gasteiger partial charge in [-0.1, -0.05) is 243 Å². The molecule has 0 unspecified atom stereocenters. The molecule has 72 heavy (non-hydrogen) atoms. The minimum atomic E-state index is -0.215. The Morgan fingerprint density at radius 2 is 1.17 bits per heavy atom. The number of rotatable bonds is 10. The molecule has 0 radical (unpaired) electrons. The third-order valence-corrected chi connectivity index (χ3v) is 14.1. The molecule has 0 aliphatic heterocycles. The third kappa shape index (κ3) is 11.7. The Balaban J connectivity index is 0.000000519. The molecule has 2 aliphatic rings. The zero-order valence-electron chi connectivity index (χ0n) is 45.3. The van der Waals surface area contributed by atoms with E-state index in [9.17, 15) is 0 Å². The van der Waals surface area contributed by atoms with Gasteiger partial charge in [-0.05, 0) is 161 Å². The Morgan fingerprint density at radius 1 is 0.569 bits per heavy atom. The second-order valence-corrected chi connectivity index (χ2v) is 20.2. The lowest BCUT2D eigenvalue weighted by Gasteiger charge is -2.33. The number of allylic oxidation sites excluding steroid dienone is 5. The summed E-state index contributed by atoms with van der Waals surface area (Å²) < 4.78 is 0. The van der Waals surface area contributed by atoms with E-state index in [1.807, 2.05) is 18.2 Å². The van der Waals surface area contributed by atoms with Gasteiger partial charge in [0.15, 0.2) is 0 Å². The number of hydrogen-bond donors (Lipinski definition) is 0. The Labute approximate surface area is 434 Å². The highest BCUT2D eigenvalue weighted by molar-refractivity contribution is 6.10. The quantitative estimate of drug-likeness (QED) is 0.124. The van der Waals surface area contributed by atoms with E-state index >= 15 is 0 Å². The molecule has 1 fully saturated rings. The Bertz CT molecular complexity index is 3140. The zero-order chi connectivity index (χ0) is 51.2. The number of hydrogen-bond acceptors (Lipinski definition) is 1. The summed E-state index contributed by atoms with van der Waals surface area (Å²) in [6.07, 6.45) is 16.2. The van der Waals surface area contributed by atoms with Crippen molar-refractivity contribution in [3.8, 4) is 22.3 Å². The van der Waals surface area contributed by atoms with Crippen LogP contribution in [0.15, 0.2) is 200 Å². The van der Waals surface area contributed by atoms with Crippen LogP contribution in [-0.2, 0) is 5.41 Å². The van der Waals surface area contributed by atoms with Crippen molar-refractivity contribution in [3.63, 3.8) is 0 Å². The predicted molar refractivity (Wildman–Crippen MR) is 318 cm³/mol. The molecule has 1 heteroatoms.